The molecule has 17 heavy (non-hydrogen) atoms. The summed E-state index contributed by atoms with van der Waals surface area (Å²) < 4.78 is 7.24. The summed E-state index contributed by atoms with van der Waals surface area (Å²) in [6.07, 6.45) is 3.57. The Morgan fingerprint density at radius 1 is 1.41 bits per heavy atom. The Balaban J connectivity index is 2.46. The molecule has 1 heterocycles. The Labute approximate surface area is 101 Å². The first-order valence-electron chi connectivity index (χ1n) is 5.56. The molecule has 2 N–H and O–H groups in total. The Morgan fingerprint density at radius 3 is 2.76 bits per heavy atom. The van der Waals surface area contributed by atoms with Gasteiger partial charge in [-0.25, -0.2) is 4.98 Å². The fourth-order valence-electron chi connectivity index (χ4n) is 1.87. The van der Waals surface area contributed by atoms with Crippen molar-refractivity contribution >= 4 is 0 Å². The maximum Gasteiger partial charge on any atom is 0.121 e. The highest BCUT2D eigenvalue weighted by Crippen LogP contribution is 2.22. The third kappa shape index (κ3) is 2.17. The number of hydrogen-bond acceptors (Lipinski definition) is 3. The van der Waals surface area contributed by atoms with Crippen LogP contribution in [0.15, 0.2) is 30.7 Å². The number of ether oxygens (including phenoxy) is 1. The van der Waals surface area contributed by atoms with Crippen molar-refractivity contribution in [2.45, 2.75) is 19.9 Å². The quantitative estimate of drug-likeness (QED) is 0.881. The van der Waals surface area contributed by atoms with Crippen LogP contribution in [0.5, 0.6) is 5.75 Å². The zero-order chi connectivity index (χ0) is 12.4. The van der Waals surface area contributed by atoms with E-state index in [2.05, 4.69) is 11.1 Å². The minimum atomic E-state index is -0.0418. The average molecular weight is 231 g/mol. The molecule has 4 nitrogen and oxygen atoms in total. The van der Waals surface area contributed by atoms with Gasteiger partial charge in [0.15, 0.2) is 0 Å². The van der Waals surface area contributed by atoms with Gasteiger partial charge in [-0.1, -0.05) is 0 Å². The summed E-state index contributed by atoms with van der Waals surface area (Å²) in [6.45, 7) is 3.97. The number of hydrogen-bond donors (Lipinski definition) is 1. The molecule has 4 heteroatoms. The molecule has 2 aromatic rings. The molecule has 1 atom stereocenters. The lowest BCUT2D eigenvalue weighted by Crippen LogP contribution is -2.10. The monoisotopic (exact) mass is 231 g/mol. The SMILES string of the molecule is COc1ccc(-n2cncc2[C@H](C)N)cc1C. The van der Waals surface area contributed by atoms with Crippen LogP contribution in [-0.4, -0.2) is 16.7 Å². The molecule has 1 aromatic heterocycles. The van der Waals surface area contributed by atoms with Crippen molar-refractivity contribution < 1.29 is 4.74 Å². The smallest absolute Gasteiger partial charge is 0.121 e. The Bertz CT molecular complexity index is 517. The molecule has 0 radical (unpaired) electrons. The van der Waals surface area contributed by atoms with E-state index in [4.69, 9.17) is 10.5 Å². The molecular weight excluding hydrogens is 214 g/mol. The molecule has 0 spiro atoms. The maximum atomic E-state index is 5.90. The zero-order valence-corrected chi connectivity index (χ0v) is 10.3. The second-order valence-corrected chi connectivity index (χ2v) is 4.13. The third-order valence-electron chi connectivity index (χ3n) is 2.79. The minimum Gasteiger partial charge on any atom is -0.496 e. The first-order valence-corrected chi connectivity index (χ1v) is 5.56. The number of rotatable bonds is 3. The van der Waals surface area contributed by atoms with Gasteiger partial charge >= 0.3 is 0 Å². The number of methoxy groups -OCH3 is 1. The Kier molecular flexibility index (Phi) is 3.15. The van der Waals surface area contributed by atoms with Gasteiger partial charge in [-0.05, 0) is 37.6 Å². The lowest BCUT2D eigenvalue weighted by atomic mass is 10.2. The van der Waals surface area contributed by atoms with Gasteiger partial charge < -0.3 is 15.0 Å². The van der Waals surface area contributed by atoms with E-state index in [0.717, 1.165) is 22.7 Å². The summed E-state index contributed by atoms with van der Waals surface area (Å²) in [5.41, 5.74) is 9.04. The molecule has 0 amide bonds. The fourth-order valence-corrected chi connectivity index (χ4v) is 1.87. The van der Waals surface area contributed by atoms with Crippen LogP contribution in [0.2, 0.25) is 0 Å². The summed E-state index contributed by atoms with van der Waals surface area (Å²) in [6, 6.07) is 5.97. The Morgan fingerprint density at radius 2 is 2.18 bits per heavy atom. The molecule has 2 rings (SSSR count). The molecule has 1 aromatic carbocycles. The van der Waals surface area contributed by atoms with Crippen molar-refractivity contribution in [1.29, 1.82) is 0 Å². The van der Waals surface area contributed by atoms with Crippen LogP contribution >= 0.6 is 0 Å². The van der Waals surface area contributed by atoms with Gasteiger partial charge in [-0.15, -0.1) is 0 Å². The second kappa shape index (κ2) is 4.59. The van der Waals surface area contributed by atoms with E-state index in [1.54, 1.807) is 19.6 Å². The van der Waals surface area contributed by atoms with Gasteiger partial charge in [0.1, 0.15) is 5.75 Å². The first kappa shape index (κ1) is 11.7. The lowest BCUT2D eigenvalue weighted by molar-refractivity contribution is 0.411. The second-order valence-electron chi connectivity index (χ2n) is 4.13. The normalized spacial score (nSPS) is 12.5. The van der Waals surface area contributed by atoms with E-state index in [9.17, 15) is 0 Å². The summed E-state index contributed by atoms with van der Waals surface area (Å²) in [4.78, 5) is 4.14. The van der Waals surface area contributed by atoms with E-state index in [1.165, 1.54) is 0 Å². The largest absolute Gasteiger partial charge is 0.496 e. The fraction of sp³-hybridized carbons (Fsp3) is 0.308. The van der Waals surface area contributed by atoms with E-state index < -0.39 is 0 Å². The van der Waals surface area contributed by atoms with Crippen LogP contribution in [0.1, 0.15) is 24.2 Å². The van der Waals surface area contributed by atoms with Crippen LogP contribution < -0.4 is 10.5 Å². The molecule has 90 valence electrons. The molecule has 0 unspecified atom stereocenters. The summed E-state index contributed by atoms with van der Waals surface area (Å²) in [5, 5.41) is 0. The van der Waals surface area contributed by atoms with E-state index in [-0.39, 0.29) is 6.04 Å². The highest BCUT2D eigenvalue weighted by Gasteiger charge is 2.09. The first-order chi connectivity index (χ1) is 8.13. The van der Waals surface area contributed by atoms with Crippen molar-refractivity contribution in [3.63, 3.8) is 0 Å². The highest BCUT2D eigenvalue weighted by atomic mass is 16.5. The van der Waals surface area contributed by atoms with E-state index >= 15 is 0 Å². The number of nitrogens with two attached hydrogens (primary N) is 1. The average Bonchev–Trinajstić information content (AvgIpc) is 2.77. The van der Waals surface area contributed by atoms with Gasteiger partial charge in [0.2, 0.25) is 0 Å². The number of benzene rings is 1. The lowest BCUT2D eigenvalue weighted by Gasteiger charge is -2.12. The molecule has 0 aliphatic heterocycles. The van der Waals surface area contributed by atoms with Crippen LogP contribution in [0.4, 0.5) is 0 Å². The van der Waals surface area contributed by atoms with Crippen LogP contribution in [0, 0.1) is 6.92 Å². The topological polar surface area (TPSA) is 53.1 Å². The van der Waals surface area contributed by atoms with E-state index in [0.29, 0.717) is 0 Å². The van der Waals surface area contributed by atoms with Crippen molar-refractivity contribution in [2.24, 2.45) is 5.73 Å². The predicted molar refractivity (Wildman–Crippen MR) is 67.5 cm³/mol. The molecule has 0 fully saturated rings. The van der Waals surface area contributed by atoms with Crippen molar-refractivity contribution in [3.05, 3.63) is 42.0 Å². The van der Waals surface area contributed by atoms with Gasteiger partial charge in [0.25, 0.3) is 0 Å². The standard InChI is InChI=1S/C13H17N3O/c1-9-6-11(4-5-13(9)17-3)16-8-15-7-12(16)10(2)14/h4-8,10H,14H2,1-3H3/t10-/m0/s1. The number of nitrogens with zero attached hydrogens (tertiary/aromatic N) is 2. The van der Waals surface area contributed by atoms with Crippen LogP contribution in [-0.2, 0) is 0 Å². The third-order valence-corrected chi connectivity index (χ3v) is 2.79. The molecular formula is C13H17N3O. The van der Waals surface area contributed by atoms with Gasteiger partial charge in [0, 0.05) is 11.7 Å². The predicted octanol–water partition coefficient (Wildman–Crippen LogP) is 2.21. The highest BCUT2D eigenvalue weighted by molar-refractivity contribution is 5.44. The van der Waals surface area contributed by atoms with Crippen molar-refractivity contribution in [3.8, 4) is 11.4 Å². The van der Waals surface area contributed by atoms with E-state index in [1.807, 2.05) is 30.5 Å². The van der Waals surface area contributed by atoms with Crippen molar-refractivity contribution in [2.75, 3.05) is 7.11 Å². The van der Waals surface area contributed by atoms with Gasteiger partial charge in [-0.2, -0.15) is 0 Å². The van der Waals surface area contributed by atoms with Crippen LogP contribution in [0.3, 0.4) is 0 Å². The molecule has 0 saturated carbocycles. The number of imidazole rings is 1. The summed E-state index contributed by atoms with van der Waals surface area (Å²) in [7, 11) is 1.67. The molecule has 0 saturated heterocycles. The number of aromatic nitrogens is 2. The maximum absolute atomic E-state index is 5.90. The zero-order valence-electron chi connectivity index (χ0n) is 10.3. The van der Waals surface area contributed by atoms with Crippen LogP contribution in [0.25, 0.3) is 5.69 Å². The summed E-state index contributed by atoms with van der Waals surface area (Å²) >= 11 is 0. The Hall–Kier alpha value is -1.81. The molecule has 0 bridgehead atoms. The molecule has 0 aliphatic carbocycles. The number of aryl methyl sites for hydroxylation is 1. The van der Waals surface area contributed by atoms with Gasteiger partial charge in [-0.3, -0.25) is 0 Å². The van der Waals surface area contributed by atoms with Gasteiger partial charge in [0.05, 0.1) is 25.3 Å². The summed E-state index contributed by atoms with van der Waals surface area (Å²) in [5.74, 6) is 0.885. The van der Waals surface area contributed by atoms with Crippen molar-refractivity contribution in [1.82, 2.24) is 9.55 Å². The molecule has 0 aliphatic rings. The minimum absolute atomic E-state index is 0.0418.